The quantitative estimate of drug-likeness (QED) is 0.357. The highest BCUT2D eigenvalue weighted by Crippen LogP contribution is 2.24. The molecular formula is C28H27N5O. The number of carbonyl (C=O) groups is 1. The highest BCUT2D eigenvalue weighted by atomic mass is 16.2. The van der Waals surface area contributed by atoms with Gasteiger partial charge in [0.2, 0.25) is 5.82 Å². The molecule has 1 aromatic heterocycles. The minimum atomic E-state index is -0.194. The summed E-state index contributed by atoms with van der Waals surface area (Å²) >= 11 is 0. The summed E-state index contributed by atoms with van der Waals surface area (Å²) in [5.41, 5.74) is 4.37. The Balaban J connectivity index is 1.63. The fraction of sp³-hybridized carbons (Fsp3) is 0.214. The molecule has 1 amide bonds. The molecule has 6 heteroatoms. The number of unbranched alkanes of at least 4 members (excludes halogenated alkanes) is 1. The van der Waals surface area contributed by atoms with Crippen LogP contribution in [0, 0.1) is 11.3 Å². The summed E-state index contributed by atoms with van der Waals surface area (Å²) in [5, 5.41) is 18.1. The maximum Gasteiger partial charge on any atom is 0.295 e. The first kappa shape index (κ1) is 22.9. The molecule has 0 bridgehead atoms. The van der Waals surface area contributed by atoms with Crippen molar-refractivity contribution in [1.29, 1.82) is 5.26 Å². The van der Waals surface area contributed by atoms with Gasteiger partial charge in [-0.1, -0.05) is 74.0 Å². The largest absolute Gasteiger partial charge is 0.309 e. The van der Waals surface area contributed by atoms with Gasteiger partial charge in [-0.05, 0) is 41.3 Å². The zero-order valence-electron chi connectivity index (χ0n) is 19.5. The van der Waals surface area contributed by atoms with Crippen LogP contribution < -0.4 is 4.90 Å². The van der Waals surface area contributed by atoms with E-state index in [1.165, 1.54) is 0 Å². The molecule has 0 fully saturated rings. The molecule has 0 saturated heterocycles. The van der Waals surface area contributed by atoms with Gasteiger partial charge in [0, 0.05) is 19.2 Å². The second-order valence-corrected chi connectivity index (χ2v) is 8.18. The van der Waals surface area contributed by atoms with Gasteiger partial charge in [0.25, 0.3) is 5.91 Å². The van der Waals surface area contributed by atoms with E-state index in [1.54, 1.807) is 11.9 Å². The van der Waals surface area contributed by atoms with E-state index in [0.717, 1.165) is 47.5 Å². The third-order valence-corrected chi connectivity index (χ3v) is 5.87. The number of para-hydroxylation sites is 1. The normalized spacial score (nSPS) is 10.6. The van der Waals surface area contributed by atoms with Crippen LogP contribution in [0.5, 0.6) is 0 Å². The Labute approximate surface area is 200 Å². The van der Waals surface area contributed by atoms with Gasteiger partial charge >= 0.3 is 0 Å². The molecule has 0 aliphatic rings. The van der Waals surface area contributed by atoms with Crippen molar-refractivity contribution in [2.75, 3.05) is 11.9 Å². The summed E-state index contributed by atoms with van der Waals surface area (Å²) in [7, 11) is 1.75. The first-order valence-corrected chi connectivity index (χ1v) is 11.5. The number of amides is 1. The molecule has 0 spiro atoms. The van der Waals surface area contributed by atoms with E-state index < -0.39 is 0 Å². The molecule has 34 heavy (non-hydrogen) atoms. The zero-order chi connectivity index (χ0) is 23.9. The van der Waals surface area contributed by atoms with Gasteiger partial charge in [-0.2, -0.15) is 5.26 Å². The number of nitriles is 1. The monoisotopic (exact) mass is 449 g/mol. The Morgan fingerprint density at radius 3 is 2.38 bits per heavy atom. The lowest BCUT2D eigenvalue weighted by molar-refractivity contribution is 0.0978. The van der Waals surface area contributed by atoms with E-state index in [2.05, 4.69) is 23.2 Å². The molecule has 1 heterocycles. The van der Waals surface area contributed by atoms with Crippen LogP contribution in [-0.2, 0) is 13.0 Å². The summed E-state index contributed by atoms with van der Waals surface area (Å²) < 4.78 is 1.93. The van der Waals surface area contributed by atoms with Crippen LogP contribution >= 0.6 is 0 Å². The lowest BCUT2D eigenvalue weighted by Gasteiger charge is -2.18. The second-order valence-electron chi connectivity index (χ2n) is 8.18. The summed E-state index contributed by atoms with van der Waals surface area (Å²) in [5.74, 6) is 0.947. The van der Waals surface area contributed by atoms with Gasteiger partial charge in [-0.3, -0.25) is 4.79 Å². The number of anilines is 1. The molecule has 4 rings (SSSR count). The van der Waals surface area contributed by atoms with Crippen molar-refractivity contribution in [3.63, 3.8) is 0 Å². The summed E-state index contributed by atoms with van der Waals surface area (Å²) in [6, 6.07) is 27.4. The molecule has 0 aliphatic carbocycles. The number of carbonyl (C=O) groups excluding carboxylic acids is 1. The first-order chi connectivity index (χ1) is 16.6. The Morgan fingerprint density at radius 2 is 1.68 bits per heavy atom. The number of hydrogen-bond acceptors (Lipinski definition) is 4. The Hall–Kier alpha value is -4.24. The lowest BCUT2D eigenvalue weighted by Crippen LogP contribution is -2.29. The molecule has 0 saturated carbocycles. The van der Waals surface area contributed by atoms with Crippen molar-refractivity contribution >= 4 is 11.6 Å². The highest BCUT2D eigenvalue weighted by molar-refractivity contribution is 6.03. The molecule has 4 aromatic rings. The molecule has 0 atom stereocenters. The van der Waals surface area contributed by atoms with Gasteiger partial charge in [0.1, 0.15) is 5.82 Å². The average molecular weight is 450 g/mol. The van der Waals surface area contributed by atoms with Crippen molar-refractivity contribution in [3.05, 3.63) is 102 Å². The predicted octanol–water partition coefficient (Wildman–Crippen LogP) is 5.48. The number of hydrogen-bond donors (Lipinski definition) is 0. The minimum absolute atomic E-state index is 0.194. The van der Waals surface area contributed by atoms with Crippen molar-refractivity contribution in [2.24, 2.45) is 0 Å². The number of rotatable bonds is 8. The topological polar surface area (TPSA) is 74.8 Å². The SMILES string of the molecule is CCCCc1nnc(C(=O)N(C)c2ccccc2)n1Cc1ccc(-c2ccccc2C#N)cc1. The van der Waals surface area contributed by atoms with Gasteiger partial charge in [0.05, 0.1) is 18.2 Å². The van der Waals surface area contributed by atoms with Crippen LogP contribution in [0.3, 0.4) is 0 Å². The van der Waals surface area contributed by atoms with Crippen molar-refractivity contribution < 1.29 is 4.79 Å². The second kappa shape index (κ2) is 10.6. The van der Waals surface area contributed by atoms with E-state index in [1.807, 2.05) is 83.4 Å². The molecule has 0 aliphatic heterocycles. The van der Waals surface area contributed by atoms with E-state index in [9.17, 15) is 10.1 Å². The Bertz CT molecular complexity index is 1300. The van der Waals surface area contributed by atoms with Crippen molar-refractivity contribution in [3.8, 4) is 17.2 Å². The molecule has 6 nitrogen and oxygen atoms in total. The molecule has 0 unspecified atom stereocenters. The van der Waals surface area contributed by atoms with E-state index in [-0.39, 0.29) is 5.91 Å². The molecule has 170 valence electrons. The van der Waals surface area contributed by atoms with Gasteiger partial charge < -0.3 is 9.47 Å². The van der Waals surface area contributed by atoms with Crippen LogP contribution in [0.1, 0.15) is 47.3 Å². The summed E-state index contributed by atoms with van der Waals surface area (Å²) in [4.78, 5) is 14.9. The van der Waals surface area contributed by atoms with Crippen LogP contribution in [0.2, 0.25) is 0 Å². The number of nitrogens with zero attached hydrogens (tertiary/aromatic N) is 5. The third kappa shape index (κ3) is 4.89. The van der Waals surface area contributed by atoms with Crippen LogP contribution in [0.4, 0.5) is 5.69 Å². The van der Waals surface area contributed by atoms with Crippen molar-refractivity contribution in [2.45, 2.75) is 32.7 Å². The van der Waals surface area contributed by atoms with Gasteiger partial charge in [-0.15, -0.1) is 10.2 Å². The number of benzene rings is 3. The molecule has 3 aromatic carbocycles. The maximum absolute atomic E-state index is 13.3. The molecular weight excluding hydrogens is 422 g/mol. The smallest absolute Gasteiger partial charge is 0.295 e. The Kier molecular flexibility index (Phi) is 7.14. The van der Waals surface area contributed by atoms with E-state index in [4.69, 9.17) is 0 Å². The summed E-state index contributed by atoms with van der Waals surface area (Å²) in [6.45, 7) is 2.63. The highest BCUT2D eigenvalue weighted by Gasteiger charge is 2.23. The number of aromatic nitrogens is 3. The van der Waals surface area contributed by atoms with Crippen molar-refractivity contribution in [1.82, 2.24) is 14.8 Å². The molecule has 0 N–H and O–H groups in total. The van der Waals surface area contributed by atoms with E-state index >= 15 is 0 Å². The van der Waals surface area contributed by atoms with Crippen LogP contribution in [0.25, 0.3) is 11.1 Å². The molecule has 0 radical (unpaired) electrons. The predicted molar refractivity (Wildman–Crippen MR) is 134 cm³/mol. The Morgan fingerprint density at radius 1 is 0.971 bits per heavy atom. The fourth-order valence-electron chi connectivity index (χ4n) is 3.90. The minimum Gasteiger partial charge on any atom is -0.309 e. The fourth-order valence-corrected chi connectivity index (χ4v) is 3.90. The van der Waals surface area contributed by atoms with Crippen LogP contribution in [-0.4, -0.2) is 27.7 Å². The van der Waals surface area contributed by atoms with Crippen LogP contribution in [0.15, 0.2) is 78.9 Å². The van der Waals surface area contributed by atoms with Gasteiger partial charge in [0.15, 0.2) is 0 Å². The zero-order valence-corrected chi connectivity index (χ0v) is 19.5. The third-order valence-electron chi connectivity index (χ3n) is 5.87. The standard InChI is InChI=1S/C28H27N5O/c1-3-4-14-26-30-31-27(28(34)32(2)24-11-6-5-7-12-24)33(26)20-21-15-17-22(18-16-21)25-13-9-8-10-23(25)19-29/h5-13,15-18H,3-4,14,20H2,1-2H3. The summed E-state index contributed by atoms with van der Waals surface area (Å²) in [6.07, 6.45) is 2.78. The van der Waals surface area contributed by atoms with Gasteiger partial charge in [-0.25, -0.2) is 0 Å². The first-order valence-electron chi connectivity index (χ1n) is 11.5. The maximum atomic E-state index is 13.3. The average Bonchev–Trinajstić information content (AvgIpc) is 3.29. The number of aryl methyl sites for hydroxylation is 1. The van der Waals surface area contributed by atoms with E-state index in [0.29, 0.717) is 17.9 Å². The lowest BCUT2D eigenvalue weighted by atomic mass is 9.99.